The van der Waals surface area contributed by atoms with Gasteiger partial charge in [-0.3, -0.25) is 14.9 Å². The van der Waals surface area contributed by atoms with Gasteiger partial charge in [-0.25, -0.2) is 4.39 Å². The predicted molar refractivity (Wildman–Crippen MR) is 72.7 cm³/mol. The Labute approximate surface area is 116 Å². The Balaban J connectivity index is 2.64. The van der Waals surface area contributed by atoms with Gasteiger partial charge in [0.05, 0.1) is 11.5 Å². The van der Waals surface area contributed by atoms with Crippen LogP contribution in [-0.4, -0.2) is 35.4 Å². The molecule has 0 saturated carbocycles. The molecule has 0 aliphatic rings. The van der Waals surface area contributed by atoms with E-state index in [2.05, 4.69) is 5.32 Å². The number of carbonyl (C=O) groups excluding carboxylic acids is 1. The lowest BCUT2D eigenvalue weighted by Crippen LogP contribution is -2.37. The van der Waals surface area contributed by atoms with Gasteiger partial charge in [0.25, 0.3) is 5.69 Å². The quantitative estimate of drug-likeness (QED) is 0.610. The van der Waals surface area contributed by atoms with Gasteiger partial charge in [-0.2, -0.15) is 0 Å². The number of nitro groups is 1. The molecule has 20 heavy (non-hydrogen) atoms. The number of carbonyl (C=O) groups is 1. The number of nitro benzene ring substituents is 1. The van der Waals surface area contributed by atoms with Crippen molar-refractivity contribution in [2.75, 3.05) is 19.6 Å². The highest BCUT2D eigenvalue weighted by molar-refractivity contribution is 5.78. The second kappa shape index (κ2) is 7.54. The van der Waals surface area contributed by atoms with Crippen LogP contribution in [0.5, 0.6) is 0 Å². The molecule has 0 fully saturated rings. The summed E-state index contributed by atoms with van der Waals surface area (Å²) in [6.07, 6.45) is 0. The third kappa shape index (κ3) is 4.27. The number of likely N-dealkylation sites (N-methyl/N-ethyl adjacent to an activating group) is 1. The van der Waals surface area contributed by atoms with Crippen LogP contribution in [0.4, 0.5) is 10.1 Å². The maximum Gasteiger partial charge on any atom is 0.274 e. The first-order chi connectivity index (χ1) is 9.49. The highest BCUT2D eigenvalue weighted by atomic mass is 19.1. The lowest BCUT2D eigenvalue weighted by atomic mass is 10.1. The molecule has 1 rings (SSSR count). The maximum absolute atomic E-state index is 13.1. The molecule has 0 aromatic heterocycles. The van der Waals surface area contributed by atoms with Crippen molar-refractivity contribution >= 4 is 11.6 Å². The molecule has 1 aromatic rings. The zero-order valence-corrected chi connectivity index (χ0v) is 11.6. The molecule has 0 bridgehead atoms. The summed E-state index contributed by atoms with van der Waals surface area (Å²) in [5.74, 6) is -0.628. The molecule has 7 heteroatoms. The van der Waals surface area contributed by atoms with Crippen LogP contribution in [0.2, 0.25) is 0 Å². The summed E-state index contributed by atoms with van der Waals surface area (Å²) in [5, 5.41) is 13.6. The van der Waals surface area contributed by atoms with Gasteiger partial charge >= 0.3 is 0 Å². The van der Waals surface area contributed by atoms with E-state index in [1.807, 2.05) is 13.8 Å². The summed E-state index contributed by atoms with van der Waals surface area (Å²) in [6.45, 7) is 5.10. The Kier molecular flexibility index (Phi) is 6.05. The number of amides is 1. The molecule has 0 aliphatic heterocycles. The lowest BCUT2D eigenvalue weighted by Gasteiger charge is -2.18. The summed E-state index contributed by atoms with van der Waals surface area (Å²) in [4.78, 5) is 23.6. The van der Waals surface area contributed by atoms with Gasteiger partial charge in [-0.15, -0.1) is 0 Å². The van der Waals surface area contributed by atoms with Crippen LogP contribution >= 0.6 is 0 Å². The van der Waals surface area contributed by atoms with E-state index in [9.17, 15) is 19.3 Å². The van der Waals surface area contributed by atoms with Crippen molar-refractivity contribution in [2.45, 2.75) is 20.4 Å². The zero-order chi connectivity index (χ0) is 15.1. The van der Waals surface area contributed by atoms with Crippen LogP contribution in [0.1, 0.15) is 19.4 Å². The highest BCUT2D eigenvalue weighted by Crippen LogP contribution is 2.19. The van der Waals surface area contributed by atoms with Crippen molar-refractivity contribution in [3.63, 3.8) is 0 Å². The third-order valence-electron chi connectivity index (χ3n) is 2.95. The van der Waals surface area contributed by atoms with Crippen molar-refractivity contribution in [3.05, 3.63) is 39.7 Å². The van der Waals surface area contributed by atoms with Crippen molar-refractivity contribution in [1.29, 1.82) is 0 Å². The molecule has 0 aliphatic carbocycles. The number of hydrogen-bond donors (Lipinski definition) is 1. The summed E-state index contributed by atoms with van der Waals surface area (Å²) in [5.41, 5.74) is 0.0662. The Morgan fingerprint density at radius 2 is 2.05 bits per heavy atom. The Hall–Kier alpha value is -2.02. The largest absolute Gasteiger partial charge is 0.342 e. The first kappa shape index (κ1) is 16.0. The molecule has 0 heterocycles. The number of nitrogens with one attached hydrogen (secondary N) is 1. The molecule has 0 spiro atoms. The molecule has 1 N–H and O–H groups in total. The number of hydrogen-bond acceptors (Lipinski definition) is 4. The molecule has 110 valence electrons. The van der Waals surface area contributed by atoms with Crippen molar-refractivity contribution < 1.29 is 14.1 Å². The lowest BCUT2D eigenvalue weighted by molar-refractivity contribution is -0.385. The number of rotatable bonds is 7. The van der Waals surface area contributed by atoms with Gasteiger partial charge in [-0.05, 0) is 26.0 Å². The zero-order valence-electron chi connectivity index (χ0n) is 11.6. The summed E-state index contributed by atoms with van der Waals surface area (Å²) in [6, 6.07) is 3.27. The monoisotopic (exact) mass is 283 g/mol. The van der Waals surface area contributed by atoms with E-state index in [0.29, 0.717) is 13.1 Å². The van der Waals surface area contributed by atoms with Crippen LogP contribution in [-0.2, 0) is 11.3 Å². The molecule has 6 nitrogen and oxygen atoms in total. The van der Waals surface area contributed by atoms with Gasteiger partial charge in [-0.1, -0.05) is 0 Å². The summed E-state index contributed by atoms with van der Waals surface area (Å²) >= 11 is 0. The van der Waals surface area contributed by atoms with Gasteiger partial charge in [0.15, 0.2) is 0 Å². The maximum atomic E-state index is 13.1. The summed E-state index contributed by atoms with van der Waals surface area (Å²) < 4.78 is 13.1. The molecular weight excluding hydrogens is 265 g/mol. The van der Waals surface area contributed by atoms with Crippen LogP contribution in [0.25, 0.3) is 0 Å². The average Bonchev–Trinajstić information content (AvgIpc) is 2.39. The molecule has 0 radical (unpaired) electrons. The van der Waals surface area contributed by atoms with Crippen LogP contribution in [0, 0.1) is 15.9 Å². The van der Waals surface area contributed by atoms with Gasteiger partial charge < -0.3 is 10.2 Å². The van der Waals surface area contributed by atoms with E-state index >= 15 is 0 Å². The average molecular weight is 283 g/mol. The molecule has 0 saturated heterocycles. The van der Waals surface area contributed by atoms with Gasteiger partial charge in [0.2, 0.25) is 5.91 Å². The second-order valence-electron chi connectivity index (χ2n) is 4.20. The fraction of sp³-hybridized carbons (Fsp3) is 0.462. The van der Waals surface area contributed by atoms with E-state index in [1.54, 1.807) is 4.90 Å². The Morgan fingerprint density at radius 3 is 2.60 bits per heavy atom. The first-order valence-electron chi connectivity index (χ1n) is 6.40. The molecule has 1 amide bonds. The fourth-order valence-electron chi connectivity index (χ4n) is 1.87. The topological polar surface area (TPSA) is 75.5 Å². The Morgan fingerprint density at radius 1 is 1.40 bits per heavy atom. The van der Waals surface area contributed by atoms with E-state index in [4.69, 9.17) is 0 Å². The standard InChI is InChI=1S/C13H18FN3O3/c1-3-16(4-2)13(18)9-15-8-10-7-11(14)5-6-12(10)17(19)20/h5-7,15H,3-4,8-9H2,1-2H3. The predicted octanol–water partition coefficient (Wildman–Crippen LogP) is 1.69. The Bertz CT molecular complexity index is 490. The minimum atomic E-state index is -0.567. The molecule has 0 unspecified atom stereocenters. The molecule has 0 atom stereocenters. The third-order valence-corrected chi connectivity index (χ3v) is 2.95. The fourth-order valence-corrected chi connectivity index (χ4v) is 1.87. The van der Waals surface area contributed by atoms with E-state index in [-0.39, 0.29) is 30.2 Å². The van der Waals surface area contributed by atoms with Crippen molar-refractivity contribution in [1.82, 2.24) is 10.2 Å². The van der Waals surface area contributed by atoms with Crippen molar-refractivity contribution in [3.8, 4) is 0 Å². The SMILES string of the molecule is CCN(CC)C(=O)CNCc1cc(F)ccc1[N+](=O)[O-]. The normalized spacial score (nSPS) is 10.3. The summed E-state index contributed by atoms with van der Waals surface area (Å²) in [7, 11) is 0. The number of nitrogens with zero attached hydrogens (tertiary/aromatic N) is 2. The second-order valence-corrected chi connectivity index (χ2v) is 4.20. The minimum absolute atomic E-state index is 0.0648. The van der Waals surface area contributed by atoms with E-state index in [0.717, 1.165) is 18.2 Å². The van der Waals surface area contributed by atoms with E-state index < -0.39 is 10.7 Å². The highest BCUT2D eigenvalue weighted by Gasteiger charge is 2.15. The molecule has 1 aromatic carbocycles. The van der Waals surface area contributed by atoms with Crippen LogP contribution in [0.3, 0.4) is 0 Å². The molecular formula is C13H18FN3O3. The minimum Gasteiger partial charge on any atom is -0.342 e. The first-order valence-corrected chi connectivity index (χ1v) is 6.40. The van der Waals surface area contributed by atoms with Crippen LogP contribution < -0.4 is 5.32 Å². The number of benzene rings is 1. The van der Waals surface area contributed by atoms with Crippen molar-refractivity contribution in [2.24, 2.45) is 0 Å². The van der Waals surface area contributed by atoms with Gasteiger partial charge in [0.1, 0.15) is 5.82 Å². The van der Waals surface area contributed by atoms with E-state index in [1.165, 1.54) is 0 Å². The van der Waals surface area contributed by atoms with Gasteiger partial charge in [0, 0.05) is 31.3 Å². The smallest absolute Gasteiger partial charge is 0.274 e. The van der Waals surface area contributed by atoms with Crippen LogP contribution in [0.15, 0.2) is 18.2 Å². The number of halogens is 1.